The van der Waals surface area contributed by atoms with Crippen LogP contribution in [0.25, 0.3) is 0 Å². The van der Waals surface area contributed by atoms with Crippen molar-refractivity contribution < 1.29 is 13.9 Å². The number of rotatable bonds is 4. The smallest absolute Gasteiger partial charge is 0.143 e. The molecule has 0 aliphatic heterocycles. The first kappa shape index (κ1) is 12.2. The molecule has 0 radical (unpaired) electrons. The second-order valence-electron chi connectivity index (χ2n) is 3.24. The van der Waals surface area contributed by atoms with Crippen LogP contribution in [0, 0.1) is 5.82 Å². The Labute approximate surface area is 96.6 Å². The van der Waals surface area contributed by atoms with Gasteiger partial charge in [-0.05, 0) is 37.1 Å². The van der Waals surface area contributed by atoms with E-state index in [1.165, 1.54) is 20.1 Å². The highest BCUT2D eigenvalue weighted by Crippen LogP contribution is 2.20. The van der Waals surface area contributed by atoms with E-state index >= 15 is 0 Å². The molecular formula is C11H12BrFO2. The topological polar surface area (TPSA) is 26.3 Å². The number of methoxy groups -OCH3 is 1. The molecule has 82 valence electrons. The first-order chi connectivity index (χ1) is 7.04. The Bertz CT molecular complexity index is 366. The number of carbonyl (C=O) groups excluding carboxylic acids is 1. The summed E-state index contributed by atoms with van der Waals surface area (Å²) < 4.78 is 18.3. The van der Waals surface area contributed by atoms with E-state index in [-0.39, 0.29) is 16.4 Å². The number of halogens is 2. The predicted octanol–water partition coefficient (Wildman–Crippen LogP) is 2.73. The lowest BCUT2D eigenvalue weighted by molar-refractivity contribution is -0.116. The minimum Gasteiger partial charge on any atom is -0.497 e. The van der Waals surface area contributed by atoms with E-state index in [4.69, 9.17) is 4.74 Å². The van der Waals surface area contributed by atoms with Gasteiger partial charge in [-0.25, -0.2) is 4.39 Å². The van der Waals surface area contributed by atoms with Gasteiger partial charge in [0.25, 0.3) is 0 Å². The molecule has 1 atom stereocenters. The molecule has 1 unspecified atom stereocenters. The standard InChI is InChI=1S/C11H12BrFO2/c1-7(14)10(12)6-8-5-9(15-2)3-4-11(8)13/h3-5,10H,6H2,1-2H3. The summed E-state index contributed by atoms with van der Waals surface area (Å²) in [5, 5.41) is 0. The van der Waals surface area contributed by atoms with E-state index in [2.05, 4.69) is 15.9 Å². The van der Waals surface area contributed by atoms with Crippen LogP contribution in [0.2, 0.25) is 0 Å². The quantitative estimate of drug-likeness (QED) is 0.790. The van der Waals surface area contributed by atoms with E-state index < -0.39 is 0 Å². The van der Waals surface area contributed by atoms with Gasteiger partial charge in [-0.1, -0.05) is 15.9 Å². The molecule has 0 saturated carbocycles. The highest BCUT2D eigenvalue weighted by Gasteiger charge is 2.13. The third kappa shape index (κ3) is 3.30. The molecule has 0 heterocycles. The molecule has 0 fully saturated rings. The predicted molar refractivity (Wildman–Crippen MR) is 60.1 cm³/mol. The van der Waals surface area contributed by atoms with Crippen LogP contribution in [0.1, 0.15) is 12.5 Å². The van der Waals surface area contributed by atoms with Gasteiger partial charge in [0.05, 0.1) is 11.9 Å². The Balaban J connectivity index is 2.88. The van der Waals surface area contributed by atoms with Crippen LogP contribution in [0.4, 0.5) is 4.39 Å². The Morgan fingerprint density at radius 3 is 2.80 bits per heavy atom. The summed E-state index contributed by atoms with van der Waals surface area (Å²) in [6.45, 7) is 1.47. The van der Waals surface area contributed by atoms with Crippen molar-refractivity contribution in [1.29, 1.82) is 0 Å². The second kappa shape index (κ2) is 5.26. The Hall–Kier alpha value is -0.900. The minimum absolute atomic E-state index is 0.0165. The fourth-order valence-corrected chi connectivity index (χ4v) is 1.52. The number of hydrogen-bond donors (Lipinski definition) is 0. The molecular weight excluding hydrogens is 263 g/mol. The molecule has 15 heavy (non-hydrogen) atoms. The lowest BCUT2D eigenvalue weighted by Crippen LogP contribution is -2.13. The third-order valence-corrected chi connectivity index (χ3v) is 3.06. The van der Waals surface area contributed by atoms with Crippen molar-refractivity contribution in [2.45, 2.75) is 18.2 Å². The van der Waals surface area contributed by atoms with Crippen LogP contribution in [-0.4, -0.2) is 17.7 Å². The first-order valence-electron chi connectivity index (χ1n) is 4.51. The van der Waals surface area contributed by atoms with E-state index in [9.17, 15) is 9.18 Å². The van der Waals surface area contributed by atoms with Crippen molar-refractivity contribution in [2.24, 2.45) is 0 Å². The molecule has 0 saturated heterocycles. The monoisotopic (exact) mass is 274 g/mol. The van der Waals surface area contributed by atoms with Gasteiger partial charge in [-0.2, -0.15) is 0 Å². The number of hydrogen-bond acceptors (Lipinski definition) is 2. The molecule has 0 aliphatic carbocycles. The van der Waals surface area contributed by atoms with Gasteiger partial charge in [0.2, 0.25) is 0 Å². The Kier molecular flexibility index (Phi) is 4.27. The molecule has 0 aromatic heterocycles. The number of carbonyl (C=O) groups is 1. The number of Topliss-reactive ketones (excluding diaryl/α,β-unsaturated/α-hetero) is 1. The van der Waals surface area contributed by atoms with Gasteiger partial charge in [0, 0.05) is 0 Å². The molecule has 4 heteroatoms. The molecule has 2 nitrogen and oxygen atoms in total. The second-order valence-corrected chi connectivity index (χ2v) is 4.34. The fraction of sp³-hybridized carbons (Fsp3) is 0.364. The van der Waals surface area contributed by atoms with Crippen molar-refractivity contribution in [3.63, 3.8) is 0 Å². The number of ether oxygens (including phenoxy) is 1. The Morgan fingerprint density at radius 2 is 2.27 bits per heavy atom. The van der Waals surface area contributed by atoms with Gasteiger partial charge in [0.15, 0.2) is 0 Å². The number of alkyl halides is 1. The van der Waals surface area contributed by atoms with Crippen LogP contribution >= 0.6 is 15.9 Å². The zero-order valence-corrected chi connectivity index (χ0v) is 10.2. The summed E-state index contributed by atoms with van der Waals surface area (Å²) in [5.74, 6) is 0.258. The molecule has 0 amide bonds. The highest BCUT2D eigenvalue weighted by molar-refractivity contribution is 9.10. The van der Waals surface area contributed by atoms with Crippen LogP contribution in [-0.2, 0) is 11.2 Å². The lowest BCUT2D eigenvalue weighted by atomic mass is 10.1. The maximum absolute atomic E-state index is 13.3. The summed E-state index contributed by atoms with van der Waals surface area (Å²) in [4.78, 5) is 10.7. The first-order valence-corrected chi connectivity index (χ1v) is 5.43. The van der Waals surface area contributed by atoms with Crippen molar-refractivity contribution in [1.82, 2.24) is 0 Å². The molecule has 0 bridgehead atoms. The van der Waals surface area contributed by atoms with Crippen molar-refractivity contribution >= 4 is 21.7 Å². The lowest BCUT2D eigenvalue weighted by Gasteiger charge is -2.08. The van der Waals surface area contributed by atoms with Gasteiger partial charge in [-0.3, -0.25) is 4.79 Å². The van der Waals surface area contributed by atoms with Crippen LogP contribution < -0.4 is 4.74 Å². The van der Waals surface area contributed by atoms with Gasteiger partial charge < -0.3 is 4.74 Å². The number of ketones is 1. The van der Waals surface area contributed by atoms with E-state index in [1.54, 1.807) is 12.1 Å². The van der Waals surface area contributed by atoms with Gasteiger partial charge in [-0.15, -0.1) is 0 Å². The van der Waals surface area contributed by atoms with Crippen molar-refractivity contribution in [2.75, 3.05) is 7.11 Å². The van der Waals surface area contributed by atoms with Gasteiger partial charge >= 0.3 is 0 Å². The fourth-order valence-electron chi connectivity index (χ4n) is 1.17. The number of benzene rings is 1. The largest absolute Gasteiger partial charge is 0.497 e. The molecule has 1 aromatic rings. The molecule has 1 aromatic carbocycles. The molecule has 0 aliphatic rings. The van der Waals surface area contributed by atoms with Crippen molar-refractivity contribution in [3.05, 3.63) is 29.6 Å². The molecule has 0 N–H and O–H groups in total. The Morgan fingerprint density at radius 1 is 1.60 bits per heavy atom. The summed E-state index contributed by atoms with van der Waals surface area (Å²) in [5.41, 5.74) is 0.478. The zero-order chi connectivity index (χ0) is 11.4. The average Bonchev–Trinajstić information content (AvgIpc) is 2.21. The van der Waals surface area contributed by atoms with E-state index in [1.807, 2.05) is 0 Å². The average molecular weight is 275 g/mol. The summed E-state index contributed by atoms with van der Waals surface area (Å²) in [7, 11) is 1.52. The third-order valence-electron chi connectivity index (χ3n) is 2.09. The van der Waals surface area contributed by atoms with Crippen molar-refractivity contribution in [3.8, 4) is 5.75 Å². The molecule has 1 rings (SSSR count). The van der Waals surface area contributed by atoms with E-state index in [0.29, 0.717) is 17.7 Å². The van der Waals surface area contributed by atoms with E-state index in [0.717, 1.165) is 0 Å². The normalized spacial score (nSPS) is 12.3. The zero-order valence-electron chi connectivity index (χ0n) is 8.59. The summed E-state index contributed by atoms with van der Waals surface area (Å²) >= 11 is 3.20. The van der Waals surface area contributed by atoms with Crippen LogP contribution in [0.5, 0.6) is 5.75 Å². The van der Waals surface area contributed by atoms with Crippen LogP contribution in [0.15, 0.2) is 18.2 Å². The summed E-state index contributed by atoms with van der Waals surface area (Å²) in [6, 6.07) is 4.50. The maximum atomic E-state index is 13.3. The maximum Gasteiger partial charge on any atom is 0.143 e. The SMILES string of the molecule is COc1ccc(F)c(CC(Br)C(C)=O)c1. The molecule has 0 spiro atoms. The van der Waals surface area contributed by atoms with Crippen LogP contribution in [0.3, 0.4) is 0 Å². The summed E-state index contributed by atoms with van der Waals surface area (Å²) in [6.07, 6.45) is 0.332. The highest BCUT2D eigenvalue weighted by atomic mass is 79.9. The minimum atomic E-state index is -0.348. The van der Waals surface area contributed by atoms with Gasteiger partial charge in [0.1, 0.15) is 17.3 Å².